The molecule has 3 aromatic rings. The average Bonchev–Trinajstić information content (AvgIpc) is 2.74. The minimum absolute atomic E-state index is 0.193. The molecule has 0 amide bonds. The molecule has 6 nitrogen and oxygen atoms in total. The summed E-state index contributed by atoms with van der Waals surface area (Å²) in [5.41, 5.74) is 0.928. The standard InChI is InChI=1S/C21H22F3N5O/c22-21(23,24)16-5-4-6-17(14-16)28-20-27-11-8-18(29-20)15-7-10-26-19(13-15)25-9-2-1-3-12-30/h4-8,10-11,13-14,30H,1-3,9,12H2,(H,25,26)(H,27,28,29). The molecule has 158 valence electrons. The van der Waals surface area contributed by atoms with Gasteiger partial charge in [0.15, 0.2) is 0 Å². The molecule has 0 unspecified atom stereocenters. The Balaban J connectivity index is 1.71. The summed E-state index contributed by atoms with van der Waals surface area (Å²) in [5, 5.41) is 14.9. The maximum absolute atomic E-state index is 12.9. The molecule has 0 aliphatic carbocycles. The number of nitrogens with zero attached hydrogens (tertiary/aromatic N) is 3. The molecule has 2 heterocycles. The largest absolute Gasteiger partial charge is 0.416 e. The fraction of sp³-hybridized carbons (Fsp3) is 0.286. The number of hydrogen-bond donors (Lipinski definition) is 3. The normalized spacial score (nSPS) is 11.3. The average molecular weight is 417 g/mol. The zero-order valence-corrected chi connectivity index (χ0v) is 16.2. The lowest BCUT2D eigenvalue weighted by Crippen LogP contribution is -2.06. The van der Waals surface area contributed by atoms with Gasteiger partial charge in [0, 0.05) is 36.8 Å². The first-order valence-electron chi connectivity index (χ1n) is 9.54. The monoisotopic (exact) mass is 417 g/mol. The molecule has 2 aromatic heterocycles. The van der Waals surface area contributed by atoms with Crippen LogP contribution in [-0.2, 0) is 6.18 Å². The Morgan fingerprint density at radius 2 is 1.77 bits per heavy atom. The van der Waals surface area contributed by atoms with Crippen LogP contribution in [0.1, 0.15) is 24.8 Å². The van der Waals surface area contributed by atoms with E-state index in [-0.39, 0.29) is 18.2 Å². The number of unbranched alkanes of at least 4 members (excludes halogenated alkanes) is 2. The van der Waals surface area contributed by atoms with Crippen LogP contribution in [0.25, 0.3) is 11.3 Å². The summed E-state index contributed by atoms with van der Waals surface area (Å²) < 4.78 is 38.7. The predicted octanol–water partition coefficient (Wildman–Crippen LogP) is 4.88. The molecule has 0 spiro atoms. The third-order valence-corrected chi connectivity index (χ3v) is 4.30. The van der Waals surface area contributed by atoms with Gasteiger partial charge in [-0.25, -0.2) is 15.0 Å². The summed E-state index contributed by atoms with van der Waals surface area (Å²) in [6.45, 7) is 0.931. The molecule has 1 aromatic carbocycles. The summed E-state index contributed by atoms with van der Waals surface area (Å²) in [4.78, 5) is 12.8. The highest BCUT2D eigenvalue weighted by molar-refractivity contribution is 5.64. The van der Waals surface area contributed by atoms with Gasteiger partial charge in [0.05, 0.1) is 11.3 Å². The summed E-state index contributed by atoms with van der Waals surface area (Å²) in [5.74, 6) is 0.893. The van der Waals surface area contributed by atoms with E-state index in [0.29, 0.717) is 11.5 Å². The Morgan fingerprint density at radius 3 is 2.57 bits per heavy atom. The fourth-order valence-electron chi connectivity index (χ4n) is 2.80. The SMILES string of the molecule is OCCCCCNc1cc(-c2ccnc(Nc3cccc(C(F)(F)F)c3)n2)ccn1. The molecular weight excluding hydrogens is 395 g/mol. The van der Waals surface area contributed by atoms with E-state index in [1.807, 2.05) is 6.07 Å². The van der Waals surface area contributed by atoms with Crippen molar-refractivity contribution < 1.29 is 18.3 Å². The molecule has 0 bridgehead atoms. The van der Waals surface area contributed by atoms with E-state index in [9.17, 15) is 13.2 Å². The van der Waals surface area contributed by atoms with Crippen LogP contribution in [0.4, 0.5) is 30.6 Å². The second kappa shape index (κ2) is 10.0. The summed E-state index contributed by atoms with van der Waals surface area (Å²) in [6.07, 6.45) is 1.41. The maximum atomic E-state index is 12.9. The van der Waals surface area contributed by atoms with Crippen LogP contribution in [-0.4, -0.2) is 33.2 Å². The van der Waals surface area contributed by atoms with Gasteiger partial charge in [-0.1, -0.05) is 6.07 Å². The first kappa shape index (κ1) is 21.5. The van der Waals surface area contributed by atoms with Crippen LogP contribution in [0.5, 0.6) is 0 Å². The number of alkyl halides is 3. The van der Waals surface area contributed by atoms with Crippen LogP contribution in [0.3, 0.4) is 0 Å². The van der Waals surface area contributed by atoms with E-state index in [2.05, 4.69) is 25.6 Å². The summed E-state index contributed by atoms with van der Waals surface area (Å²) in [6, 6.07) is 10.2. The lowest BCUT2D eigenvalue weighted by atomic mass is 10.2. The van der Waals surface area contributed by atoms with Gasteiger partial charge in [0.2, 0.25) is 5.95 Å². The summed E-state index contributed by atoms with van der Waals surface area (Å²) in [7, 11) is 0. The number of halogens is 3. The van der Waals surface area contributed by atoms with Crippen molar-refractivity contribution >= 4 is 17.5 Å². The van der Waals surface area contributed by atoms with Crippen molar-refractivity contribution in [2.24, 2.45) is 0 Å². The molecule has 9 heteroatoms. The lowest BCUT2D eigenvalue weighted by molar-refractivity contribution is -0.137. The third kappa shape index (κ3) is 6.15. The number of anilines is 3. The van der Waals surface area contributed by atoms with Gasteiger partial charge < -0.3 is 15.7 Å². The Bertz CT molecular complexity index is 965. The smallest absolute Gasteiger partial charge is 0.396 e. The highest BCUT2D eigenvalue weighted by atomic mass is 19.4. The molecule has 0 radical (unpaired) electrons. The Morgan fingerprint density at radius 1 is 0.933 bits per heavy atom. The number of nitrogens with one attached hydrogen (secondary N) is 2. The van der Waals surface area contributed by atoms with Gasteiger partial charge in [-0.15, -0.1) is 0 Å². The second-order valence-electron chi connectivity index (χ2n) is 6.61. The minimum atomic E-state index is -4.42. The van der Waals surface area contributed by atoms with Gasteiger partial charge in [-0.2, -0.15) is 13.2 Å². The van der Waals surface area contributed by atoms with E-state index < -0.39 is 11.7 Å². The van der Waals surface area contributed by atoms with Crippen molar-refractivity contribution in [2.75, 3.05) is 23.8 Å². The van der Waals surface area contributed by atoms with E-state index in [1.165, 1.54) is 12.1 Å². The number of aliphatic hydroxyl groups is 1. The molecule has 3 N–H and O–H groups in total. The summed E-state index contributed by atoms with van der Waals surface area (Å²) >= 11 is 0. The first-order valence-corrected chi connectivity index (χ1v) is 9.54. The maximum Gasteiger partial charge on any atom is 0.416 e. The topological polar surface area (TPSA) is 83.0 Å². The van der Waals surface area contributed by atoms with E-state index in [1.54, 1.807) is 24.5 Å². The Hall–Kier alpha value is -3.20. The fourth-order valence-corrected chi connectivity index (χ4v) is 2.80. The van der Waals surface area contributed by atoms with E-state index in [4.69, 9.17) is 5.11 Å². The van der Waals surface area contributed by atoms with Crippen molar-refractivity contribution in [1.82, 2.24) is 15.0 Å². The molecule has 0 saturated carbocycles. The van der Waals surface area contributed by atoms with Crippen LogP contribution >= 0.6 is 0 Å². The first-order chi connectivity index (χ1) is 14.5. The third-order valence-electron chi connectivity index (χ3n) is 4.30. The Labute approximate surface area is 172 Å². The Kier molecular flexibility index (Phi) is 7.18. The van der Waals surface area contributed by atoms with Gasteiger partial charge in [-0.05, 0) is 55.7 Å². The highest BCUT2D eigenvalue weighted by Gasteiger charge is 2.30. The van der Waals surface area contributed by atoms with Crippen molar-refractivity contribution in [3.8, 4) is 11.3 Å². The van der Waals surface area contributed by atoms with Crippen LogP contribution in [0, 0.1) is 0 Å². The quantitative estimate of drug-likeness (QED) is 0.431. The van der Waals surface area contributed by atoms with Gasteiger partial charge >= 0.3 is 6.18 Å². The number of rotatable bonds is 9. The lowest BCUT2D eigenvalue weighted by Gasteiger charge is -2.11. The van der Waals surface area contributed by atoms with Gasteiger partial charge in [0.25, 0.3) is 0 Å². The molecule has 0 saturated heterocycles. The molecule has 0 atom stereocenters. The van der Waals surface area contributed by atoms with E-state index in [0.717, 1.165) is 43.5 Å². The van der Waals surface area contributed by atoms with Crippen LogP contribution < -0.4 is 10.6 Å². The van der Waals surface area contributed by atoms with Crippen molar-refractivity contribution in [3.63, 3.8) is 0 Å². The van der Waals surface area contributed by atoms with Crippen molar-refractivity contribution in [2.45, 2.75) is 25.4 Å². The number of benzene rings is 1. The molecule has 0 aliphatic rings. The number of aliphatic hydroxyl groups excluding tert-OH is 1. The molecule has 30 heavy (non-hydrogen) atoms. The van der Waals surface area contributed by atoms with Crippen molar-refractivity contribution in [1.29, 1.82) is 0 Å². The van der Waals surface area contributed by atoms with Crippen LogP contribution in [0.15, 0.2) is 54.9 Å². The molecule has 0 aliphatic heterocycles. The zero-order chi connectivity index (χ0) is 21.4. The molecule has 3 rings (SSSR count). The number of aromatic nitrogens is 3. The zero-order valence-electron chi connectivity index (χ0n) is 16.2. The molecular formula is C21H22F3N5O. The van der Waals surface area contributed by atoms with Crippen molar-refractivity contribution in [3.05, 3.63) is 60.4 Å². The molecule has 0 fully saturated rings. The number of hydrogen-bond acceptors (Lipinski definition) is 6. The van der Waals surface area contributed by atoms with E-state index >= 15 is 0 Å². The van der Waals surface area contributed by atoms with Gasteiger partial charge in [0.1, 0.15) is 5.82 Å². The second-order valence-corrected chi connectivity index (χ2v) is 6.61. The number of pyridine rings is 1. The highest BCUT2D eigenvalue weighted by Crippen LogP contribution is 2.31. The predicted molar refractivity (Wildman–Crippen MR) is 109 cm³/mol. The van der Waals surface area contributed by atoms with Crippen LogP contribution in [0.2, 0.25) is 0 Å². The minimum Gasteiger partial charge on any atom is -0.396 e. The van der Waals surface area contributed by atoms with Gasteiger partial charge in [-0.3, -0.25) is 0 Å².